The van der Waals surface area contributed by atoms with Crippen molar-refractivity contribution in [2.75, 3.05) is 5.32 Å². The number of sulfone groups is 1. The number of benzene rings is 2. The topological polar surface area (TPSA) is 76.1 Å². The molecule has 1 heterocycles. The van der Waals surface area contributed by atoms with Crippen molar-refractivity contribution in [2.45, 2.75) is 24.0 Å². The molecule has 1 N–H and O–H groups in total. The molecule has 2 aromatic carbocycles. The van der Waals surface area contributed by atoms with E-state index >= 15 is 0 Å². The first-order valence-electron chi connectivity index (χ1n) is 7.49. The summed E-state index contributed by atoms with van der Waals surface area (Å²) in [5, 5.41) is 3.16. The standard InChI is InChI=1S/C17H15ClN2O3S2/c1-10(2)25(22,23)12-8-6-11(7-9-12)16(21)20-17-19-15-13(18)4-3-5-14(15)24-17/h3-10H,1-2H3,(H,19,20,21). The van der Waals surface area contributed by atoms with Crippen LogP contribution in [0.5, 0.6) is 0 Å². The maximum absolute atomic E-state index is 12.3. The van der Waals surface area contributed by atoms with Gasteiger partial charge in [-0.25, -0.2) is 13.4 Å². The van der Waals surface area contributed by atoms with Crippen molar-refractivity contribution in [1.29, 1.82) is 0 Å². The van der Waals surface area contributed by atoms with Gasteiger partial charge in [0.15, 0.2) is 15.0 Å². The predicted octanol–water partition coefficient (Wildman–Crippen LogP) is 4.38. The summed E-state index contributed by atoms with van der Waals surface area (Å²) >= 11 is 7.41. The zero-order chi connectivity index (χ0) is 18.2. The van der Waals surface area contributed by atoms with Crippen molar-refractivity contribution < 1.29 is 13.2 Å². The molecule has 1 aromatic heterocycles. The Hall–Kier alpha value is -1.96. The number of halogens is 1. The van der Waals surface area contributed by atoms with Crippen molar-refractivity contribution in [3.05, 3.63) is 53.1 Å². The SMILES string of the molecule is CC(C)S(=O)(=O)c1ccc(C(=O)Nc2nc3c(Cl)cccc3s2)cc1. The Balaban J connectivity index is 1.82. The lowest BCUT2D eigenvalue weighted by molar-refractivity contribution is 0.102. The van der Waals surface area contributed by atoms with Crippen LogP contribution in [0.1, 0.15) is 24.2 Å². The Labute approximate surface area is 154 Å². The fourth-order valence-electron chi connectivity index (χ4n) is 2.21. The van der Waals surface area contributed by atoms with Gasteiger partial charge in [-0.1, -0.05) is 29.0 Å². The highest BCUT2D eigenvalue weighted by Gasteiger charge is 2.19. The fourth-order valence-corrected chi connectivity index (χ4v) is 4.43. The summed E-state index contributed by atoms with van der Waals surface area (Å²) in [5.74, 6) is -0.358. The zero-order valence-corrected chi connectivity index (χ0v) is 15.9. The Kier molecular flexibility index (Phi) is 4.81. The number of nitrogens with one attached hydrogen (secondary N) is 1. The van der Waals surface area contributed by atoms with Crippen LogP contribution in [0.15, 0.2) is 47.4 Å². The van der Waals surface area contributed by atoms with Gasteiger partial charge in [0.05, 0.1) is 19.9 Å². The Morgan fingerprint density at radius 2 is 1.84 bits per heavy atom. The number of rotatable bonds is 4. The average Bonchev–Trinajstić information content (AvgIpc) is 2.98. The number of aromatic nitrogens is 1. The average molecular weight is 395 g/mol. The highest BCUT2D eigenvalue weighted by atomic mass is 35.5. The van der Waals surface area contributed by atoms with Gasteiger partial charge >= 0.3 is 0 Å². The van der Waals surface area contributed by atoms with E-state index in [0.29, 0.717) is 21.2 Å². The summed E-state index contributed by atoms with van der Waals surface area (Å²) < 4.78 is 25.1. The molecule has 3 aromatic rings. The second-order valence-electron chi connectivity index (χ2n) is 5.68. The minimum atomic E-state index is -3.36. The van der Waals surface area contributed by atoms with Crippen molar-refractivity contribution in [1.82, 2.24) is 4.98 Å². The monoisotopic (exact) mass is 394 g/mol. The van der Waals surface area contributed by atoms with E-state index in [9.17, 15) is 13.2 Å². The van der Waals surface area contributed by atoms with E-state index in [4.69, 9.17) is 11.6 Å². The summed E-state index contributed by atoms with van der Waals surface area (Å²) in [7, 11) is -3.36. The van der Waals surface area contributed by atoms with Crippen LogP contribution in [0.4, 0.5) is 5.13 Å². The zero-order valence-electron chi connectivity index (χ0n) is 13.5. The number of hydrogen-bond acceptors (Lipinski definition) is 5. The van der Waals surface area contributed by atoms with Gasteiger partial charge in [0.2, 0.25) is 0 Å². The number of fused-ring (bicyclic) bond motifs is 1. The van der Waals surface area contributed by atoms with Crippen LogP contribution in [0.2, 0.25) is 5.02 Å². The molecule has 0 aliphatic heterocycles. The van der Waals surface area contributed by atoms with Crippen LogP contribution in [0, 0.1) is 0 Å². The molecule has 0 aliphatic rings. The molecular weight excluding hydrogens is 380 g/mol. The third-order valence-corrected chi connectivity index (χ3v) is 7.07. The molecule has 0 radical (unpaired) electrons. The Morgan fingerprint density at radius 1 is 1.16 bits per heavy atom. The minimum Gasteiger partial charge on any atom is -0.298 e. The minimum absolute atomic E-state index is 0.200. The molecule has 5 nitrogen and oxygen atoms in total. The van der Waals surface area contributed by atoms with E-state index < -0.39 is 15.1 Å². The van der Waals surface area contributed by atoms with Crippen LogP contribution in [0.25, 0.3) is 10.2 Å². The van der Waals surface area contributed by atoms with Crippen LogP contribution >= 0.6 is 22.9 Å². The highest BCUT2D eigenvalue weighted by Crippen LogP contribution is 2.30. The molecule has 1 amide bonds. The molecule has 0 bridgehead atoms. The lowest BCUT2D eigenvalue weighted by atomic mass is 10.2. The molecule has 0 saturated carbocycles. The second-order valence-corrected chi connectivity index (χ2v) is 9.62. The first-order chi connectivity index (χ1) is 11.8. The number of anilines is 1. The number of carbonyl (C=O) groups is 1. The third-order valence-electron chi connectivity index (χ3n) is 3.66. The van der Waals surface area contributed by atoms with Crippen molar-refractivity contribution >= 4 is 54.0 Å². The second kappa shape index (κ2) is 6.74. The lowest BCUT2D eigenvalue weighted by Gasteiger charge is -2.08. The van der Waals surface area contributed by atoms with E-state index in [-0.39, 0.29) is 10.8 Å². The first-order valence-corrected chi connectivity index (χ1v) is 10.2. The largest absolute Gasteiger partial charge is 0.298 e. The van der Waals surface area contributed by atoms with Gasteiger partial charge in [-0.05, 0) is 50.2 Å². The highest BCUT2D eigenvalue weighted by molar-refractivity contribution is 7.92. The molecule has 0 spiro atoms. The molecule has 0 saturated heterocycles. The molecule has 8 heteroatoms. The smallest absolute Gasteiger partial charge is 0.257 e. The molecule has 3 rings (SSSR count). The Morgan fingerprint density at radius 3 is 2.44 bits per heavy atom. The quantitative estimate of drug-likeness (QED) is 0.712. The first kappa shape index (κ1) is 17.8. The van der Waals surface area contributed by atoms with Gasteiger partial charge < -0.3 is 0 Å². The number of carbonyl (C=O) groups excluding carboxylic acids is 1. The summed E-state index contributed by atoms with van der Waals surface area (Å²) in [4.78, 5) is 16.9. The summed E-state index contributed by atoms with van der Waals surface area (Å²) in [6.07, 6.45) is 0. The van der Waals surface area contributed by atoms with Gasteiger partial charge in [0.25, 0.3) is 5.91 Å². The maximum atomic E-state index is 12.3. The van der Waals surface area contributed by atoms with Crippen LogP contribution in [-0.2, 0) is 9.84 Å². The van der Waals surface area contributed by atoms with E-state index in [2.05, 4.69) is 10.3 Å². The van der Waals surface area contributed by atoms with Gasteiger partial charge in [-0.2, -0.15) is 0 Å². The number of thiazole rings is 1. The fraction of sp³-hybridized carbons (Fsp3) is 0.176. The van der Waals surface area contributed by atoms with E-state index in [1.807, 2.05) is 12.1 Å². The number of hydrogen-bond donors (Lipinski definition) is 1. The van der Waals surface area contributed by atoms with Crippen LogP contribution in [-0.4, -0.2) is 24.6 Å². The molecule has 0 atom stereocenters. The van der Waals surface area contributed by atoms with Crippen LogP contribution < -0.4 is 5.32 Å². The molecule has 25 heavy (non-hydrogen) atoms. The van der Waals surface area contributed by atoms with Gasteiger partial charge in [0, 0.05) is 5.56 Å². The van der Waals surface area contributed by atoms with Crippen molar-refractivity contribution in [3.8, 4) is 0 Å². The van der Waals surface area contributed by atoms with Crippen LogP contribution in [0.3, 0.4) is 0 Å². The van der Waals surface area contributed by atoms with Gasteiger partial charge in [-0.3, -0.25) is 10.1 Å². The third kappa shape index (κ3) is 3.53. The molecular formula is C17H15ClN2O3S2. The summed E-state index contributed by atoms with van der Waals surface area (Å²) in [6, 6.07) is 11.3. The lowest BCUT2D eigenvalue weighted by Crippen LogP contribution is -2.15. The number of para-hydroxylation sites is 1. The van der Waals surface area contributed by atoms with Gasteiger partial charge in [-0.15, -0.1) is 0 Å². The van der Waals surface area contributed by atoms with E-state index in [1.54, 1.807) is 19.9 Å². The molecule has 0 aliphatic carbocycles. The summed E-state index contributed by atoms with van der Waals surface area (Å²) in [6.45, 7) is 3.24. The van der Waals surface area contributed by atoms with Crippen molar-refractivity contribution in [3.63, 3.8) is 0 Å². The molecule has 130 valence electrons. The summed E-state index contributed by atoms with van der Waals surface area (Å²) in [5.41, 5.74) is 0.996. The van der Waals surface area contributed by atoms with E-state index in [0.717, 1.165) is 4.70 Å². The number of amides is 1. The maximum Gasteiger partial charge on any atom is 0.257 e. The normalized spacial score (nSPS) is 11.8. The number of nitrogens with zero attached hydrogens (tertiary/aromatic N) is 1. The Bertz CT molecular complexity index is 1040. The van der Waals surface area contributed by atoms with E-state index in [1.165, 1.54) is 35.6 Å². The molecule has 0 fully saturated rings. The van der Waals surface area contributed by atoms with Gasteiger partial charge in [0.1, 0.15) is 5.52 Å². The molecule has 0 unspecified atom stereocenters. The van der Waals surface area contributed by atoms with Crippen molar-refractivity contribution in [2.24, 2.45) is 0 Å². The predicted molar refractivity (Wildman–Crippen MR) is 101 cm³/mol.